The summed E-state index contributed by atoms with van der Waals surface area (Å²) in [7, 11) is 2.65. The van der Waals surface area contributed by atoms with Crippen molar-refractivity contribution in [3.63, 3.8) is 0 Å². The molecule has 2 saturated heterocycles. The Morgan fingerprint density at radius 1 is 0.796 bits per heavy atom. The van der Waals surface area contributed by atoms with Gasteiger partial charge in [-0.05, 0) is 72.4 Å². The number of carbonyl (C=O) groups excluding carboxylic acids is 3. The number of fused-ring (bicyclic) bond motifs is 1. The second-order valence-corrected chi connectivity index (χ2v) is 14.6. The van der Waals surface area contributed by atoms with Crippen molar-refractivity contribution in [2.45, 2.75) is 77.5 Å². The van der Waals surface area contributed by atoms with Crippen LogP contribution in [0.5, 0.6) is 0 Å². The largest absolute Gasteiger partial charge is 0.453 e. The highest BCUT2D eigenvalue weighted by Crippen LogP contribution is 2.36. The molecule has 13 heteroatoms. The van der Waals surface area contributed by atoms with E-state index in [0.29, 0.717) is 18.1 Å². The molecule has 284 valence electrons. The Morgan fingerprint density at radius 2 is 1.39 bits per heavy atom. The zero-order valence-electron chi connectivity index (χ0n) is 31.9. The van der Waals surface area contributed by atoms with Gasteiger partial charge in [-0.1, -0.05) is 58.4 Å². The minimum Gasteiger partial charge on any atom is -0.453 e. The van der Waals surface area contributed by atoms with Crippen molar-refractivity contribution in [1.82, 2.24) is 40.4 Å². The van der Waals surface area contributed by atoms with E-state index in [2.05, 4.69) is 93.1 Å². The number of aromatic amines is 2. The lowest BCUT2D eigenvalue weighted by molar-refractivity contribution is -0.135. The van der Waals surface area contributed by atoms with Crippen molar-refractivity contribution in [1.29, 1.82) is 0 Å². The SMILES string of the molecule is C=C([C@@H](NC(=O)OC)C(C)C)N1CCC[C@H]1c1ncc(-c2ccc3cc(C#Cc4cnc([C@@H]5CCCN5C(=O)[C@@H](NC(=O)OC)C(C)C)[nH]4)ccc3c2)[nH]1. The van der Waals surface area contributed by atoms with Gasteiger partial charge >= 0.3 is 12.2 Å². The number of nitrogens with zero attached hydrogens (tertiary/aromatic N) is 4. The Kier molecular flexibility index (Phi) is 11.6. The number of likely N-dealkylation sites (tertiary alicyclic amines) is 2. The average Bonchev–Trinajstić information content (AvgIpc) is 4.00. The number of aromatic nitrogens is 4. The van der Waals surface area contributed by atoms with E-state index in [1.165, 1.54) is 14.2 Å². The Labute approximate surface area is 316 Å². The number of methoxy groups -OCH3 is 2. The third-order valence-electron chi connectivity index (χ3n) is 10.3. The second kappa shape index (κ2) is 16.5. The van der Waals surface area contributed by atoms with Crippen LogP contribution in [0.25, 0.3) is 22.0 Å². The quantitative estimate of drug-likeness (QED) is 0.136. The molecule has 0 unspecified atom stereocenters. The topological polar surface area (TPSA) is 158 Å². The first-order valence-corrected chi connectivity index (χ1v) is 18.6. The third-order valence-corrected chi connectivity index (χ3v) is 10.3. The number of hydrogen-bond donors (Lipinski definition) is 4. The van der Waals surface area contributed by atoms with E-state index in [9.17, 15) is 14.4 Å². The highest BCUT2D eigenvalue weighted by Gasteiger charge is 2.38. The first-order chi connectivity index (χ1) is 26.0. The van der Waals surface area contributed by atoms with Gasteiger partial charge in [-0.2, -0.15) is 0 Å². The number of hydrogen-bond acceptors (Lipinski definition) is 8. The molecule has 0 spiro atoms. The predicted octanol–water partition coefficient (Wildman–Crippen LogP) is 6.43. The van der Waals surface area contributed by atoms with Gasteiger partial charge < -0.3 is 39.9 Å². The van der Waals surface area contributed by atoms with Crippen molar-refractivity contribution in [3.8, 4) is 23.1 Å². The Balaban J connectivity index is 1.13. The molecule has 0 radical (unpaired) electrons. The summed E-state index contributed by atoms with van der Waals surface area (Å²) in [5, 5.41) is 7.76. The summed E-state index contributed by atoms with van der Waals surface area (Å²) in [6.45, 7) is 13.7. The second-order valence-electron chi connectivity index (χ2n) is 14.6. The normalized spacial score (nSPS) is 18.0. The molecule has 2 aromatic carbocycles. The van der Waals surface area contributed by atoms with Crippen LogP contribution in [0.1, 0.15) is 88.4 Å². The van der Waals surface area contributed by atoms with Crippen molar-refractivity contribution in [3.05, 3.63) is 84.0 Å². The molecule has 13 nitrogen and oxygen atoms in total. The highest BCUT2D eigenvalue weighted by molar-refractivity contribution is 5.88. The van der Waals surface area contributed by atoms with Crippen LogP contribution in [0, 0.1) is 23.7 Å². The Hall–Kier alpha value is -5.77. The van der Waals surface area contributed by atoms with Crippen LogP contribution < -0.4 is 10.6 Å². The van der Waals surface area contributed by atoms with Gasteiger partial charge in [0, 0.05) is 29.9 Å². The molecule has 4 N–H and O–H groups in total. The van der Waals surface area contributed by atoms with E-state index < -0.39 is 18.2 Å². The summed E-state index contributed by atoms with van der Waals surface area (Å²) < 4.78 is 9.60. The molecular formula is C41H50N8O5. The van der Waals surface area contributed by atoms with Crippen LogP contribution in [-0.4, -0.2) is 87.2 Å². The van der Waals surface area contributed by atoms with Gasteiger partial charge in [0.2, 0.25) is 5.91 Å². The summed E-state index contributed by atoms with van der Waals surface area (Å²) in [5.41, 5.74) is 4.34. The maximum atomic E-state index is 13.5. The van der Waals surface area contributed by atoms with Crippen molar-refractivity contribution in [2.75, 3.05) is 27.3 Å². The standard InChI is InChI=1S/C41H50N8O5/c1-24(2)35(46-40(51)53-6)26(5)48-18-8-10-33(48)38-43-23-32(45-38)30-16-15-28-20-27(12-14-29(28)21-30)13-17-31-22-42-37(44-31)34-11-9-19-49(34)39(50)36(25(3)4)47-41(52)54-7/h12,14-16,20-25,33-36H,5,8-11,18-19H2,1-4,6-7H3,(H,42,44)(H,43,45)(H,46,51)(H,47,52)/t33-,34-,35-,36-/m0/s1. The molecule has 3 amide bonds. The number of nitrogens with one attached hydrogen (secondary N) is 4. The zero-order chi connectivity index (χ0) is 38.5. The van der Waals surface area contributed by atoms with E-state index in [0.717, 1.165) is 71.3 Å². The van der Waals surface area contributed by atoms with Gasteiger partial charge in [-0.15, -0.1) is 0 Å². The number of carbonyl (C=O) groups is 3. The van der Waals surface area contributed by atoms with E-state index >= 15 is 0 Å². The number of rotatable bonds is 10. The number of alkyl carbamates (subject to hydrolysis) is 2. The van der Waals surface area contributed by atoms with Crippen LogP contribution in [0.4, 0.5) is 9.59 Å². The van der Waals surface area contributed by atoms with Crippen LogP contribution >= 0.6 is 0 Å². The molecule has 2 aliphatic rings. The maximum absolute atomic E-state index is 13.5. The van der Waals surface area contributed by atoms with Crippen molar-refractivity contribution < 1.29 is 23.9 Å². The lowest BCUT2D eigenvalue weighted by Gasteiger charge is -2.34. The average molecular weight is 735 g/mol. The first kappa shape index (κ1) is 38.0. The van der Waals surface area contributed by atoms with Gasteiger partial charge in [0.05, 0.1) is 50.4 Å². The predicted molar refractivity (Wildman–Crippen MR) is 206 cm³/mol. The number of benzene rings is 2. The van der Waals surface area contributed by atoms with Gasteiger partial charge in [0.25, 0.3) is 0 Å². The number of H-pyrrole nitrogens is 2. The third kappa shape index (κ3) is 8.23. The summed E-state index contributed by atoms with van der Waals surface area (Å²) in [4.78, 5) is 57.7. The summed E-state index contributed by atoms with van der Waals surface area (Å²) in [5.74, 6) is 7.89. The fraction of sp³-hybridized carbons (Fsp3) is 0.439. The van der Waals surface area contributed by atoms with Gasteiger partial charge in [0.1, 0.15) is 23.4 Å². The molecule has 2 fully saturated rings. The van der Waals surface area contributed by atoms with Crippen LogP contribution in [0.15, 0.2) is 61.1 Å². The van der Waals surface area contributed by atoms with Gasteiger partial charge in [-0.25, -0.2) is 19.6 Å². The minimum atomic E-state index is -0.691. The molecule has 2 aromatic heterocycles. The first-order valence-electron chi connectivity index (χ1n) is 18.6. The monoisotopic (exact) mass is 734 g/mol. The smallest absolute Gasteiger partial charge is 0.407 e. The Morgan fingerprint density at radius 3 is 2.07 bits per heavy atom. The molecule has 0 saturated carbocycles. The molecule has 54 heavy (non-hydrogen) atoms. The number of ether oxygens (including phenoxy) is 2. The molecule has 4 atom stereocenters. The maximum Gasteiger partial charge on any atom is 0.407 e. The van der Waals surface area contributed by atoms with E-state index in [-0.39, 0.29) is 35.9 Å². The van der Waals surface area contributed by atoms with E-state index in [4.69, 9.17) is 14.5 Å². The molecule has 4 heterocycles. The summed E-state index contributed by atoms with van der Waals surface area (Å²) >= 11 is 0. The van der Waals surface area contributed by atoms with E-state index in [1.54, 1.807) is 11.1 Å². The summed E-state index contributed by atoms with van der Waals surface area (Å²) in [6.07, 6.45) is 6.03. The molecule has 2 aliphatic heterocycles. The summed E-state index contributed by atoms with van der Waals surface area (Å²) in [6, 6.07) is 11.3. The van der Waals surface area contributed by atoms with Gasteiger partial charge in [-0.3, -0.25) is 4.79 Å². The number of imidazole rings is 2. The fourth-order valence-electron chi connectivity index (χ4n) is 7.44. The van der Waals surface area contributed by atoms with Crippen LogP contribution in [0.2, 0.25) is 0 Å². The van der Waals surface area contributed by atoms with Gasteiger partial charge in [0.15, 0.2) is 0 Å². The lowest BCUT2D eigenvalue weighted by Crippen LogP contribution is -2.51. The minimum absolute atomic E-state index is 0.0339. The molecule has 0 aliphatic carbocycles. The van der Waals surface area contributed by atoms with Crippen molar-refractivity contribution >= 4 is 28.9 Å². The molecule has 4 aromatic rings. The Bertz CT molecular complexity index is 2070. The fourth-order valence-corrected chi connectivity index (χ4v) is 7.44. The number of amides is 3. The lowest BCUT2D eigenvalue weighted by atomic mass is 10.00. The van der Waals surface area contributed by atoms with Crippen LogP contribution in [-0.2, 0) is 14.3 Å². The molecular weight excluding hydrogens is 685 g/mol. The van der Waals surface area contributed by atoms with Crippen LogP contribution in [0.3, 0.4) is 0 Å². The molecule has 0 bridgehead atoms. The van der Waals surface area contributed by atoms with Crippen molar-refractivity contribution in [2.24, 2.45) is 11.8 Å². The van der Waals surface area contributed by atoms with E-state index in [1.807, 2.05) is 26.1 Å². The zero-order valence-corrected chi connectivity index (χ0v) is 31.9. The molecule has 6 rings (SSSR count). The highest BCUT2D eigenvalue weighted by atomic mass is 16.5.